The highest BCUT2D eigenvalue weighted by molar-refractivity contribution is 14.0. The number of pyridine rings is 1. The maximum absolute atomic E-state index is 12.5. The van der Waals surface area contributed by atoms with E-state index in [9.17, 15) is 18.0 Å². The fourth-order valence-corrected chi connectivity index (χ4v) is 3.23. The van der Waals surface area contributed by atoms with Crippen LogP contribution in [0.15, 0.2) is 47.6 Å². The normalized spacial score (nSPS) is 15.8. The second kappa shape index (κ2) is 11.9. The molecule has 0 saturated heterocycles. The monoisotopic (exact) mass is 563 g/mol. The largest absolute Gasteiger partial charge is 0.468 e. The van der Waals surface area contributed by atoms with Gasteiger partial charge in [0.15, 0.2) is 12.6 Å². The summed E-state index contributed by atoms with van der Waals surface area (Å²) < 4.78 is 42.2. The minimum atomic E-state index is -4.45. The van der Waals surface area contributed by atoms with Crippen LogP contribution < -0.4 is 20.7 Å². The second-order valence-corrected chi connectivity index (χ2v) is 6.98. The first-order valence-electron chi connectivity index (χ1n) is 9.90. The lowest BCUT2D eigenvalue weighted by molar-refractivity contribution is -0.154. The lowest BCUT2D eigenvalue weighted by Crippen LogP contribution is -2.40. The van der Waals surface area contributed by atoms with E-state index in [1.807, 2.05) is 31.2 Å². The molecule has 2 heterocycles. The first-order chi connectivity index (χ1) is 14.9. The van der Waals surface area contributed by atoms with Crippen LogP contribution in [-0.2, 0) is 11.3 Å². The van der Waals surface area contributed by atoms with Crippen molar-refractivity contribution in [3.8, 4) is 5.88 Å². The van der Waals surface area contributed by atoms with Crippen LogP contribution in [-0.4, -0.2) is 42.7 Å². The van der Waals surface area contributed by atoms with E-state index in [1.165, 1.54) is 6.20 Å². The summed E-state index contributed by atoms with van der Waals surface area (Å²) in [4.78, 5) is 20.3. The van der Waals surface area contributed by atoms with E-state index in [0.29, 0.717) is 31.0 Å². The number of carbonyl (C=O) groups excluding carboxylic acids is 1. The van der Waals surface area contributed by atoms with Crippen molar-refractivity contribution in [2.75, 3.05) is 25.0 Å². The van der Waals surface area contributed by atoms with E-state index < -0.39 is 12.8 Å². The average Bonchev–Trinajstić information content (AvgIpc) is 2.74. The zero-order valence-corrected chi connectivity index (χ0v) is 19.7. The van der Waals surface area contributed by atoms with Gasteiger partial charge in [-0.3, -0.25) is 4.79 Å². The number of nitrogens with one attached hydrogen (secondary N) is 3. The predicted octanol–water partition coefficient (Wildman–Crippen LogP) is 3.82. The van der Waals surface area contributed by atoms with Crippen LogP contribution in [0.2, 0.25) is 0 Å². The third-order valence-electron chi connectivity index (χ3n) is 4.60. The molecule has 0 aliphatic carbocycles. The molecule has 174 valence electrons. The van der Waals surface area contributed by atoms with Gasteiger partial charge in [-0.2, -0.15) is 13.2 Å². The smallest absolute Gasteiger partial charge is 0.422 e. The van der Waals surface area contributed by atoms with E-state index in [1.54, 1.807) is 12.1 Å². The van der Waals surface area contributed by atoms with Gasteiger partial charge in [0.2, 0.25) is 11.8 Å². The zero-order chi connectivity index (χ0) is 22.3. The number of para-hydroxylation sites is 1. The number of ether oxygens (including phenoxy) is 1. The van der Waals surface area contributed by atoms with Crippen molar-refractivity contribution in [3.63, 3.8) is 0 Å². The third kappa shape index (κ3) is 7.53. The van der Waals surface area contributed by atoms with Crippen LogP contribution in [0, 0.1) is 0 Å². The highest BCUT2D eigenvalue weighted by atomic mass is 127. The van der Waals surface area contributed by atoms with Crippen molar-refractivity contribution in [1.29, 1.82) is 0 Å². The molecular formula is C21H25F3IN5O2. The lowest BCUT2D eigenvalue weighted by atomic mass is 9.90. The number of amides is 1. The van der Waals surface area contributed by atoms with Crippen LogP contribution in [0.5, 0.6) is 5.88 Å². The zero-order valence-electron chi connectivity index (χ0n) is 17.4. The van der Waals surface area contributed by atoms with Crippen LogP contribution in [0.1, 0.15) is 30.4 Å². The van der Waals surface area contributed by atoms with Crippen molar-refractivity contribution in [2.45, 2.75) is 32.0 Å². The molecule has 1 atom stereocenters. The van der Waals surface area contributed by atoms with Gasteiger partial charge in [0.1, 0.15) is 0 Å². The predicted molar refractivity (Wildman–Crippen MR) is 126 cm³/mol. The fraction of sp³-hybridized carbons (Fsp3) is 0.381. The molecule has 1 aromatic carbocycles. The van der Waals surface area contributed by atoms with Gasteiger partial charge in [0.05, 0.1) is 6.54 Å². The summed E-state index contributed by atoms with van der Waals surface area (Å²) in [6, 6.07) is 10.9. The molecule has 1 aromatic heterocycles. The molecule has 1 aliphatic heterocycles. The number of alkyl halides is 3. The Balaban J connectivity index is 0.00000363. The number of guanidine groups is 1. The number of fused-ring (bicyclic) bond motifs is 1. The third-order valence-corrected chi connectivity index (χ3v) is 4.60. The Morgan fingerprint density at radius 1 is 1.25 bits per heavy atom. The number of aliphatic imine (C=N–C) groups is 1. The van der Waals surface area contributed by atoms with Crippen molar-refractivity contribution < 1.29 is 22.7 Å². The van der Waals surface area contributed by atoms with E-state index >= 15 is 0 Å². The number of benzene rings is 1. The number of nitrogens with zero attached hydrogens (tertiary/aromatic N) is 2. The van der Waals surface area contributed by atoms with Crippen molar-refractivity contribution >= 4 is 41.5 Å². The average molecular weight is 563 g/mol. The molecule has 3 N–H and O–H groups in total. The Morgan fingerprint density at radius 3 is 2.78 bits per heavy atom. The minimum absolute atomic E-state index is 0. The second-order valence-electron chi connectivity index (χ2n) is 6.98. The Morgan fingerprint density at radius 2 is 2.03 bits per heavy atom. The Hall–Kier alpha value is -2.57. The SMILES string of the molecule is CCNC(=NCc1cccnc1OCC(F)(F)F)NCC1CC(=O)Nc2ccccc21.I. The number of anilines is 1. The number of rotatable bonds is 7. The molecule has 1 aliphatic rings. The van der Waals surface area contributed by atoms with Gasteiger partial charge in [0, 0.05) is 42.9 Å². The van der Waals surface area contributed by atoms with Gasteiger partial charge in [-0.05, 0) is 24.6 Å². The molecule has 11 heteroatoms. The number of aromatic nitrogens is 1. The molecule has 1 amide bonds. The maximum atomic E-state index is 12.5. The van der Waals surface area contributed by atoms with Crippen LogP contribution in [0.25, 0.3) is 0 Å². The fourth-order valence-electron chi connectivity index (χ4n) is 3.23. The first-order valence-corrected chi connectivity index (χ1v) is 9.90. The molecule has 3 rings (SSSR count). The summed E-state index contributed by atoms with van der Waals surface area (Å²) in [5.41, 5.74) is 2.28. The Kier molecular flexibility index (Phi) is 9.54. The quantitative estimate of drug-likeness (QED) is 0.271. The minimum Gasteiger partial charge on any atom is -0.468 e. The van der Waals surface area contributed by atoms with Crippen molar-refractivity contribution in [1.82, 2.24) is 15.6 Å². The molecular weight excluding hydrogens is 538 g/mol. The topological polar surface area (TPSA) is 87.6 Å². The van der Waals surface area contributed by atoms with E-state index in [-0.39, 0.29) is 48.2 Å². The summed E-state index contributed by atoms with van der Waals surface area (Å²) in [5, 5.41) is 9.18. The molecule has 0 radical (unpaired) electrons. The maximum Gasteiger partial charge on any atom is 0.422 e. The molecule has 0 fully saturated rings. The summed E-state index contributed by atoms with van der Waals surface area (Å²) in [6.07, 6.45) is -2.73. The molecule has 0 spiro atoms. The number of hydrogen-bond donors (Lipinski definition) is 3. The molecule has 32 heavy (non-hydrogen) atoms. The summed E-state index contributed by atoms with van der Waals surface area (Å²) in [5.74, 6) is 0.307. The van der Waals surface area contributed by atoms with Gasteiger partial charge in [0.25, 0.3) is 0 Å². The first kappa shape index (κ1) is 25.7. The summed E-state index contributed by atoms with van der Waals surface area (Å²) in [6.45, 7) is 1.64. The molecule has 1 unspecified atom stereocenters. The highest BCUT2D eigenvalue weighted by Gasteiger charge is 2.29. The van der Waals surface area contributed by atoms with Gasteiger partial charge in [-0.1, -0.05) is 24.3 Å². The van der Waals surface area contributed by atoms with Gasteiger partial charge in [-0.25, -0.2) is 9.98 Å². The van der Waals surface area contributed by atoms with Gasteiger partial charge < -0.3 is 20.7 Å². The molecule has 7 nitrogen and oxygen atoms in total. The molecule has 0 saturated carbocycles. The van der Waals surface area contributed by atoms with Gasteiger partial charge in [-0.15, -0.1) is 24.0 Å². The number of carbonyl (C=O) groups is 1. The number of halogens is 4. The lowest BCUT2D eigenvalue weighted by Gasteiger charge is -2.26. The highest BCUT2D eigenvalue weighted by Crippen LogP contribution is 2.31. The molecule has 2 aromatic rings. The van der Waals surface area contributed by atoms with Crippen LogP contribution >= 0.6 is 24.0 Å². The van der Waals surface area contributed by atoms with E-state index in [4.69, 9.17) is 4.74 Å². The standard InChI is InChI=1S/C21H24F3N5O2.HI/c1-2-25-20(27-11-14-6-5-9-26-19(14)31-13-21(22,23)24)28-12-15-10-18(30)29-17-8-4-3-7-16(15)17;/h3-9,15H,2,10-13H2,1H3,(H,29,30)(H2,25,27,28);1H. The van der Waals surface area contributed by atoms with Crippen molar-refractivity contribution in [3.05, 3.63) is 53.7 Å². The summed E-state index contributed by atoms with van der Waals surface area (Å²) >= 11 is 0. The van der Waals surface area contributed by atoms with Gasteiger partial charge >= 0.3 is 6.18 Å². The molecule has 0 bridgehead atoms. The van der Waals surface area contributed by atoms with Crippen LogP contribution in [0.4, 0.5) is 18.9 Å². The van der Waals surface area contributed by atoms with Crippen molar-refractivity contribution in [2.24, 2.45) is 4.99 Å². The number of hydrogen-bond acceptors (Lipinski definition) is 4. The van der Waals surface area contributed by atoms with E-state index in [0.717, 1.165) is 11.3 Å². The Bertz CT molecular complexity index is 940. The summed E-state index contributed by atoms with van der Waals surface area (Å²) in [7, 11) is 0. The van der Waals surface area contributed by atoms with E-state index in [2.05, 4.69) is 25.9 Å². The van der Waals surface area contributed by atoms with Crippen LogP contribution in [0.3, 0.4) is 0 Å². The Labute approximate surface area is 201 Å².